The number of nitrogens with two attached hydrogens (primary N) is 1. The summed E-state index contributed by atoms with van der Waals surface area (Å²) in [5, 5.41) is 3.20. The lowest BCUT2D eigenvalue weighted by atomic mass is 10.1. The summed E-state index contributed by atoms with van der Waals surface area (Å²) in [6.07, 6.45) is 3.15. The third-order valence-electron chi connectivity index (χ3n) is 3.97. The number of carbonyl (C=O) groups excluding carboxylic acids is 1. The van der Waals surface area contributed by atoms with Gasteiger partial charge in [-0.15, -0.1) is 0 Å². The summed E-state index contributed by atoms with van der Waals surface area (Å²) < 4.78 is 6.08. The first kappa shape index (κ1) is 17.4. The van der Waals surface area contributed by atoms with Crippen molar-refractivity contribution >= 4 is 11.7 Å². The summed E-state index contributed by atoms with van der Waals surface area (Å²) in [7, 11) is 0. The molecule has 1 aromatic carbocycles. The van der Waals surface area contributed by atoms with Gasteiger partial charge in [0.05, 0.1) is 5.56 Å². The number of ether oxygens (including phenoxy) is 1. The molecule has 0 bridgehead atoms. The lowest BCUT2D eigenvalue weighted by Crippen LogP contribution is -2.11. The first-order valence-electron chi connectivity index (χ1n) is 8.22. The van der Waals surface area contributed by atoms with Gasteiger partial charge in [-0.3, -0.25) is 4.79 Å². The fourth-order valence-electron chi connectivity index (χ4n) is 2.54. The molecule has 3 N–H and O–H groups in total. The molecule has 132 valence electrons. The van der Waals surface area contributed by atoms with E-state index in [1.54, 1.807) is 18.3 Å². The Balaban J connectivity index is 1.76. The van der Waals surface area contributed by atoms with Crippen molar-refractivity contribution in [3.8, 4) is 11.6 Å². The number of primary amides is 1. The molecule has 3 aromatic rings. The number of hydrogen-bond acceptors (Lipinski definition) is 5. The Bertz CT molecular complexity index is 903. The summed E-state index contributed by atoms with van der Waals surface area (Å²) in [5.74, 6) is 1.50. The molecule has 0 radical (unpaired) electrons. The summed E-state index contributed by atoms with van der Waals surface area (Å²) in [4.78, 5) is 19.6. The van der Waals surface area contributed by atoms with E-state index in [1.807, 2.05) is 44.2 Å². The van der Waals surface area contributed by atoms with Crippen LogP contribution in [0, 0.1) is 13.8 Å². The number of pyridine rings is 2. The fourth-order valence-corrected chi connectivity index (χ4v) is 2.54. The molecule has 0 atom stereocenters. The van der Waals surface area contributed by atoms with Crippen LogP contribution in [0.2, 0.25) is 0 Å². The van der Waals surface area contributed by atoms with Crippen LogP contribution in [0.25, 0.3) is 0 Å². The van der Waals surface area contributed by atoms with Crippen LogP contribution >= 0.6 is 0 Å². The normalized spacial score (nSPS) is 10.4. The van der Waals surface area contributed by atoms with Crippen LogP contribution < -0.4 is 15.8 Å². The van der Waals surface area contributed by atoms with Crippen molar-refractivity contribution in [1.29, 1.82) is 0 Å². The van der Waals surface area contributed by atoms with Gasteiger partial charge >= 0.3 is 0 Å². The molecule has 3 rings (SSSR count). The fraction of sp³-hybridized carbons (Fsp3) is 0.150. The Morgan fingerprint density at radius 1 is 1.08 bits per heavy atom. The number of aromatic nitrogens is 2. The maximum Gasteiger partial charge on any atom is 0.250 e. The Morgan fingerprint density at radius 2 is 1.85 bits per heavy atom. The second-order valence-electron chi connectivity index (χ2n) is 5.94. The van der Waals surface area contributed by atoms with Crippen LogP contribution in [-0.2, 0) is 6.54 Å². The van der Waals surface area contributed by atoms with Crippen LogP contribution in [0.3, 0.4) is 0 Å². The Hall–Kier alpha value is -3.41. The molecule has 0 aliphatic carbocycles. The third kappa shape index (κ3) is 3.97. The monoisotopic (exact) mass is 348 g/mol. The largest absolute Gasteiger partial charge is 0.438 e. The number of hydrogen-bond donors (Lipinski definition) is 2. The highest BCUT2D eigenvalue weighted by Crippen LogP contribution is 2.29. The average molecular weight is 348 g/mol. The summed E-state index contributed by atoms with van der Waals surface area (Å²) in [6, 6.07) is 13.2. The molecule has 0 aliphatic heterocycles. The zero-order chi connectivity index (χ0) is 18.5. The van der Waals surface area contributed by atoms with Crippen molar-refractivity contribution in [2.45, 2.75) is 20.4 Å². The van der Waals surface area contributed by atoms with E-state index in [-0.39, 0.29) is 0 Å². The molecule has 0 aliphatic rings. The number of nitrogens with one attached hydrogen (secondary N) is 1. The number of carbonyl (C=O) groups is 1. The van der Waals surface area contributed by atoms with Gasteiger partial charge in [-0.2, -0.15) is 0 Å². The number of amides is 1. The van der Waals surface area contributed by atoms with Crippen LogP contribution in [0.15, 0.2) is 54.9 Å². The molecule has 1 amide bonds. The first-order valence-corrected chi connectivity index (χ1v) is 8.22. The maximum absolute atomic E-state index is 11.1. The molecule has 0 unspecified atom stereocenters. The van der Waals surface area contributed by atoms with Crippen molar-refractivity contribution in [3.05, 3.63) is 77.1 Å². The van der Waals surface area contributed by atoms with Gasteiger partial charge in [-0.25, -0.2) is 9.97 Å². The van der Waals surface area contributed by atoms with Crippen molar-refractivity contribution in [2.24, 2.45) is 5.73 Å². The van der Waals surface area contributed by atoms with E-state index >= 15 is 0 Å². The minimum absolute atomic E-state index is 0.371. The topological polar surface area (TPSA) is 90.1 Å². The lowest BCUT2D eigenvalue weighted by molar-refractivity contribution is 0.1000. The van der Waals surface area contributed by atoms with Gasteiger partial charge < -0.3 is 15.8 Å². The molecule has 0 spiro atoms. The third-order valence-corrected chi connectivity index (χ3v) is 3.97. The van der Waals surface area contributed by atoms with Crippen molar-refractivity contribution in [1.82, 2.24) is 9.97 Å². The Labute approximate surface area is 152 Å². The Kier molecular flexibility index (Phi) is 5.12. The summed E-state index contributed by atoms with van der Waals surface area (Å²) in [6.45, 7) is 4.50. The Morgan fingerprint density at radius 3 is 2.50 bits per heavy atom. The van der Waals surface area contributed by atoms with Gasteiger partial charge in [0.15, 0.2) is 0 Å². The SMILES string of the molecule is Cc1cccc(C)c1Oc1ncccc1CNc1ccc(C(N)=O)cn1. The average Bonchev–Trinajstić information content (AvgIpc) is 2.64. The molecule has 6 heteroatoms. The van der Waals surface area contributed by atoms with E-state index < -0.39 is 5.91 Å². The predicted octanol–water partition coefficient (Wildman–Crippen LogP) is 3.60. The standard InChI is InChI=1S/C20H20N4O2/c1-13-5-3-6-14(2)18(13)26-20-16(7-4-10-22-20)12-24-17-9-8-15(11-23-17)19(21)25/h3-11H,12H2,1-2H3,(H2,21,25)(H,23,24). The van der Waals surface area contributed by atoms with Gasteiger partial charge in [-0.1, -0.05) is 24.3 Å². The van der Waals surface area contributed by atoms with Crippen LogP contribution in [0.1, 0.15) is 27.0 Å². The molecule has 2 aromatic heterocycles. The minimum Gasteiger partial charge on any atom is -0.438 e. The number of benzene rings is 1. The van der Waals surface area contributed by atoms with Gasteiger partial charge in [0.25, 0.3) is 0 Å². The van der Waals surface area contributed by atoms with Crippen LogP contribution in [0.4, 0.5) is 5.82 Å². The maximum atomic E-state index is 11.1. The molecule has 0 saturated carbocycles. The van der Waals surface area contributed by atoms with E-state index in [0.717, 1.165) is 22.4 Å². The van der Waals surface area contributed by atoms with Crippen molar-refractivity contribution < 1.29 is 9.53 Å². The highest BCUT2D eigenvalue weighted by Gasteiger charge is 2.10. The summed E-state index contributed by atoms with van der Waals surface area (Å²) in [5.41, 5.74) is 8.60. The summed E-state index contributed by atoms with van der Waals surface area (Å²) >= 11 is 0. The molecular weight excluding hydrogens is 328 g/mol. The number of aryl methyl sites for hydroxylation is 2. The molecule has 2 heterocycles. The molecule has 0 saturated heterocycles. The number of rotatable bonds is 6. The molecule has 0 fully saturated rings. The van der Waals surface area contributed by atoms with Crippen molar-refractivity contribution in [2.75, 3.05) is 5.32 Å². The van der Waals surface area contributed by atoms with Gasteiger partial charge in [0, 0.05) is 24.5 Å². The predicted molar refractivity (Wildman–Crippen MR) is 100 cm³/mol. The van der Waals surface area contributed by atoms with Gasteiger partial charge in [0.2, 0.25) is 11.8 Å². The molecule has 26 heavy (non-hydrogen) atoms. The first-order chi connectivity index (χ1) is 12.5. The van der Waals surface area contributed by atoms with Gasteiger partial charge in [0.1, 0.15) is 11.6 Å². The number of para-hydroxylation sites is 1. The van der Waals surface area contributed by atoms with E-state index in [4.69, 9.17) is 10.5 Å². The van der Waals surface area contributed by atoms with Gasteiger partial charge in [-0.05, 0) is 43.2 Å². The zero-order valence-corrected chi connectivity index (χ0v) is 14.7. The molecule has 6 nitrogen and oxygen atoms in total. The quantitative estimate of drug-likeness (QED) is 0.710. The zero-order valence-electron chi connectivity index (χ0n) is 14.7. The lowest BCUT2D eigenvalue weighted by Gasteiger charge is -2.14. The number of nitrogens with zero attached hydrogens (tertiary/aromatic N) is 2. The minimum atomic E-state index is -0.499. The van der Waals surface area contributed by atoms with E-state index in [9.17, 15) is 4.79 Å². The second kappa shape index (κ2) is 7.65. The van der Waals surface area contributed by atoms with E-state index in [1.165, 1.54) is 6.20 Å². The van der Waals surface area contributed by atoms with E-state index in [2.05, 4.69) is 15.3 Å². The van der Waals surface area contributed by atoms with Crippen molar-refractivity contribution in [3.63, 3.8) is 0 Å². The van der Waals surface area contributed by atoms with Crippen LogP contribution in [-0.4, -0.2) is 15.9 Å². The molecular formula is C20H20N4O2. The second-order valence-corrected chi connectivity index (χ2v) is 5.94. The highest BCUT2D eigenvalue weighted by atomic mass is 16.5. The highest BCUT2D eigenvalue weighted by molar-refractivity contribution is 5.92. The smallest absolute Gasteiger partial charge is 0.250 e. The van der Waals surface area contributed by atoms with E-state index in [0.29, 0.717) is 23.8 Å². The number of anilines is 1. The van der Waals surface area contributed by atoms with Crippen LogP contribution in [0.5, 0.6) is 11.6 Å².